The minimum absolute atomic E-state index is 0.0698. The molecule has 0 bridgehead atoms. The third-order valence-electron chi connectivity index (χ3n) is 3.56. The van der Waals surface area contributed by atoms with Crippen molar-refractivity contribution in [2.45, 2.75) is 25.8 Å². The molecule has 0 saturated heterocycles. The molecule has 6 nitrogen and oxygen atoms in total. The van der Waals surface area contributed by atoms with E-state index >= 15 is 0 Å². The molecule has 1 heterocycles. The third-order valence-corrected chi connectivity index (χ3v) is 3.56. The van der Waals surface area contributed by atoms with E-state index in [0.29, 0.717) is 26.1 Å². The Hall–Kier alpha value is -2.24. The second kappa shape index (κ2) is 6.97. The van der Waals surface area contributed by atoms with Crippen LogP contribution in [0, 0.1) is 0 Å². The lowest BCUT2D eigenvalue weighted by molar-refractivity contribution is -0.137. The van der Waals surface area contributed by atoms with Crippen molar-refractivity contribution in [2.24, 2.45) is 0 Å². The van der Waals surface area contributed by atoms with Crippen LogP contribution in [0.15, 0.2) is 18.2 Å². The average Bonchev–Trinajstić information content (AvgIpc) is 2.50. The standard InChI is InChI=1S/C15H20N2O4/c1-21-13-5-4-11-6-8-17(10-12(11)9-13)15(20)16-7-2-3-14(18)19/h4-5,9H,2-3,6-8,10H2,1H3,(H,16,20)(H,18,19). The molecule has 6 heteroatoms. The van der Waals surface area contributed by atoms with Gasteiger partial charge in [0.15, 0.2) is 0 Å². The topological polar surface area (TPSA) is 78.9 Å². The van der Waals surface area contributed by atoms with Gasteiger partial charge in [0.05, 0.1) is 7.11 Å². The number of carboxylic acids is 1. The lowest BCUT2D eigenvalue weighted by Crippen LogP contribution is -2.43. The predicted molar refractivity (Wildman–Crippen MR) is 77.4 cm³/mol. The zero-order valence-corrected chi connectivity index (χ0v) is 12.1. The third kappa shape index (κ3) is 4.11. The summed E-state index contributed by atoms with van der Waals surface area (Å²) in [7, 11) is 1.62. The van der Waals surface area contributed by atoms with Crippen LogP contribution in [0.25, 0.3) is 0 Å². The molecule has 2 amide bonds. The highest BCUT2D eigenvalue weighted by molar-refractivity contribution is 5.74. The number of fused-ring (bicyclic) bond motifs is 1. The van der Waals surface area contributed by atoms with Crippen molar-refractivity contribution >= 4 is 12.0 Å². The zero-order chi connectivity index (χ0) is 15.2. The fraction of sp³-hybridized carbons (Fsp3) is 0.467. The number of hydrogen-bond acceptors (Lipinski definition) is 3. The fourth-order valence-corrected chi connectivity index (χ4v) is 2.38. The highest BCUT2D eigenvalue weighted by atomic mass is 16.5. The molecule has 1 aromatic carbocycles. The minimum atomic E-state index is -0.844. The van der Waals surface area contributed by atoms with Gasteiger partial charge in [-0.1, -0.05) is 6.07 Å². The Morgan fingerprint density at radius 2 is 2.19 bits per heavy atom. The summed E-state index contributed by atoms with van der Waals surface area (Å²) in [5.41, 5.74) is 2.34. The molecule has 0 spiro atoms. The molecular formula is C15H20N2O4. The van der Waals surface area contributed by atoms with Crippen LogP contribution >= 0.6 is 0 Å². The van der Waals surface area contributed by atoms with Crippen molar-refractivity contribution < 1.29 is 19.4 Å². The number of nitrogens with zero attached hydrogens (tertiary/aromatic N) is 1. The highest BCUT2D eigenvalue weighted by Gasteiger charge is 2.20. The van der Waals surface area contributed by atoms with Crippen molar-refractivity contribution in [3.63, 3.8) is 0 Å². The van der Waals surface area contributed by atoms with Gasteiger partial charge in [-0.3, -0.25) is 4.79 Å². The average molecular weight is 292 g/mol. The van der Waals surface area contributed by atoms with E-state index in [1.165, 1.54) is 5.56 Å². The largest absolute Gasteiger partial charge is 0.497 e. The minimum Gasteiger partial charge on any atom is -0.497 e. The van der Waals surface area contributed by atoms with Gasteiger partial charge >= 0.3 is 12.0 Å². The molecule has 2 rings (SSSR count). The molecule has 2 N–H and O–H groups in total. The Balaban J connectivity index is 1.88. The van der Waals surface area contributed by atoms with Gasteiger partial charge in [-0.05, 0) is 36.1 Å². The molecule has 0 atom stereocenters. The molecule has 0 unspecified atom stereocenters. The van der Waals surface area contributed by atoms with Gasteiger partial charge in [0.2, 0.25) is 0 Å². The van der Waals surface area contributed by atoms with Crippen molar-refractivity contribution in [1.29, 1.82) is 0 Å². The number of nitrogens with one attached hydrogen (secondary N) is 1. The Kier molecular flexibility index (Phi) is 5.03. The van der Waals surface area contributed by atoms with E-state index in [0.717, 1.165) is 17.7 Å². The highest BCUT2D eigenvalue weighted by Crippen LogP contribution is 2.23. The van der Waals surface area contributed by atoms with E-state index in [-0.39, 0.29) is 12.5 Å². The number of aliphatic carboxylic acids is 1. The lowest BCUT2D eigenvalue weighted by Gasteiger charge is -2.29. The number of hydrogen-bond donors (Lipinski definition) is 2. The van der Waals surface area contributed by atoms with Crippen molar-refractivity contribution in [2.75, 3.05) is 20.2 Å². The first kappa shape index (κ1) is 15.2. The molecule has 0 fully saturated rings. The summed E-state index contributed by atoms with van der Waals surface area (Å²) in [5.74, 6) is -0.0549. The summed E-state index contributed by atoms with van der Waals surface area (Å²) < 4.78 is 5.20. The van der Waals surface area contributed by atoms with Gasteiger partial charge in [-0.15, -0.1) is 0 Å². The normalized spacial score (nSPS) is 13.5. The number of ether oxygens (including phenoxy) is 1. The first-order valence-electron chi connectivity index (χ1n) is 7.00. The van der Waals surface area contributed by atoms with Crippen LogP contribution in [0.3, 0.4) is 0 Å². The van der Waals surface area contributed by atoms with Crippen molar-refractivity contribution in [3.05, 3.63) is 29.3 Å². The molecule has 21 heavy (non-hydrogen) atoms. The molecule has 114 valence electrons. The van der Waals surface area contributed by atoms with E-state index < -0.39 is 5.97 Å². The first-order valence-corrected chi connectivity index (χ1v) is 7.00. The Morgan fingerprint density at radius 3 is 2.90 bits per heavy atom. The number of rotatable bonds is 5. The summed E-state index contributed by atoms with van der Waals surface area (Å²) in [5, 5.41) is 11.3. The summed E-state index contributed by atoms with van der Waals surface area (Å²) >= 11 is 0. The van der Waals surface area contributed by atoms with E-state index in [1.54, 1.807) is 12.0 Å². The molecule has 1 aliphatic rings. The number of methoxy groups -OCH3 is 1. The van der Waals surface area contributed by atoms with Crippen LogP contribution in [0.4, 0.5) is 4.79 Å². The van der Waals surface area contributed by atoms with Crippen LogP contribution in [0.2, 0.25) is 0 Å². The zero-order valence-electron chi connectivity index (χ0n) is 12.1. The van der Waals surface area contributed by atoms with Crippen LogP contribution in [0.1, 0.15) is 24.0 Å². The smallest absolute Gasteiger partial charge is 0.317 e. The number of urea groups is 1. The van der Waals surface area contributed by atoms with Gasteiger partial charge in [-0.2, -0.15) is 0 Å². The van der Waals surface area contributed by atoms with E-state index in [2.05, 4.69) is 5.32 Å². The number of carboxylic acid groups (broad SMARTS) is 1. The van der Waals surface area contributed by atoms with Crippen LogP contribution < -0.4 is 10.1 Å². The van der Waals surface area contributed by atoms with Gasteiger partial charge < -0.3 is 20.1 Å². The molecule has 1 aliphatic heterocycles. The predicted octanol–water partition coefficient (Wildman–Crippen LogP) is 1.63. The Morgan fingerprint density at radius 1 is 1.38 bits per heavy atom. The summed E-state index contributed by atoms with van der Waals surface area (Å²) in [6.07, 6.45) is 1.33. The van der Waals surface area contributed by atoms with E-state index in [4.69, 9.17) is 9.84 Å². The quantitative estimate of drug-likeness (QED) is 0.808. The molecule has 1 aromatic rings. The maximum Gasteiger partial charge on any atom is 0.317 e. The molecule has 0 radical (unpaired) electrons. The second-order valence-corrected chi connectivity index (χ2v) is 5.04. The monoisotopic (exact) mass is 292 g/mol. The number of amides is 2. The Bertz CT molecular complexity index is 530. The number of carbonyl (C=O) groups is 2. The molecule has 0 aliphatic carbocycles. The fourth-order valence-electron chi connectivity index (χ4n) is 2.38. The van der Waals surface area contributed by atoms with Crippen molar-refractivity contribution in [3.8, 4) is 5.75 Å². The molecule has 0 saturated carbocycles. The van der Waals surface area contributed by atoms with Crippen LogP contribution in [-0.4, -0.2) is 42.2 Å². The maximum atomic E-state index is 12.0. The lowest BCUT2D eigenvalue weighted by atomic mass is 10.00. The summed E-state index contributed by atoms with van der Waals surface area (Å²) in [4.78, 5) is 24.2. The van der Waals surface area contributed by atoms with Crippen molar-refractivity contribution in [1.82, 2.24) is 10.2 Å². The first-order chi connectivity index (χ1) is 10.1. The van der Waals surface area contributed by atoms with E-state index in [1.807, 2.05) is 18.2 Å². The van der Waals surface area contributed by atoms with Crippen LogP contribution in [-0.2, 0) is 17.8 Å². The maximum absolute atomic E-state index is 12.0. The number of carbonyl (C=O) groups excluding carboxylic acids is 1. The van der Waals surface area contributed by atoms with Gasteiger partial charge in [-0.25, -0.2) is 4.79 Å². The van der Waals surface area contributed by atoms with Gasteiger partial charge in [0.1, 0.15) is 5.75 Å². The Labute approximate surface area is 123 Å². The molecule has 0 aromatic heterocycles. The summed E-state index contributed by atoms with van der Waals surface area (Å²) in [6.45, 7) is 1.61. The van der Waals surface area contributed by atoms with Crippen LogP contribution in [0.5, 0.6) is 5.75 Å². The molecular weight excluding hydrogens is 272 g/mol. The number of benzene rings is 1. The SMILES string of the molecule is COc1ccc2c(c1)CN(C(=O)NCCCC(=O)O)CC2. The second-order valence-electron chi connectivity index (χ2n) is 5.04. The van der Waals surface area contributed by atoms with E-state index in [9.17, 15) is 9.59 Å². The van der Waals surface area contributed by atoms with Gasteiger partial charge in [0.25, 0.3) is 0 Å². The van der Waals surface area contributed by atoms with Gasteiger partial charge in [0, 0.05) is 26.1 Å². The summed E-state index contributed by atoms with van der Waals surface area (Å²) in [6, 6.07) is 5.78.